The van der Waals surface area contributed by atoms with Crippen molar-refractivity contribution in [2.24, 2.45) is 0 Å². The van der Waals surface area contributed by atoms with Gasteiger partial charge in [0.25, 0.3) is 19.7 Å². The summed E-state index contributed by atoms with van der Waals surface area (Å²) in [6.45, 7) is 0. The van der Waals surface area contributed by atoms with Crippen molar-refractivity contribution in [3.8, 4) is 0 Å². The average Bonchev–Trinajstić information content (AvgIpc) is 2.73. The lowest BCUT2D eigenvalue weighted by Gasteiger charge is -2.29. The Morgan fingerprint density at radius 3 is 1.24 bits per heavy atom. The van der Waals surface area contributed by atoms with Gasteiger partial charge in [0, 0.05) is 5.56 Å². The third-order valence-corrected chi connectivity index (χ3v) is 9.05. The molecule has 216 valence electrons. The minimum Gasteiger partial charge on any atom is -0.237 e. The van der Waals surface area contributed by atoms with Crippen LogP contribution in [0.3, 0.4) is 0 Å². The Kier molecular flexibility index (Phi) is 7.25. The summed E-state index contributed by atoms with van der Waals surface area (Å²) in [7, 11) is -17.6. The lowest BCUT2D eigenvalue weighted by Crippen LogP contribution is -2.51. The molecule has 0 fully saturated rings. The fraction of sp³-hybridized carbons (Fsp3) is 0.333. The Morgan fingerprint density at radius 1 is 0.553 bits per heavy atom. The molecule has 23 heteroatoms. The summed E-state index contributed by atoms with van der Waals surface area (Å²) in [6.07, 6.45) is -20.2. The molecule has 0 bridgehead atoms. The molecular weight excluding hydrogens is 631 g/mol. The second-order valence-electron chi connectivity index (χ2n) is 6.77. The second kappa shape index (κ2) is 8.71. The van der Waals surface area contributed by atoms with Crippen molar-refractivity contribution >= 4 is 25.5 Å². The van der Waals surface area contributed by atoms with E-state index in [9.17, 15) is 91.5 Å². The van der Waals surface area contributed by atoms with Crippen LogP contribution < -0.4 is 0 Å². The molecule has 1 unspecified atom stereocenters. The largest absolute Gasteiger partial charge is 0.469 e. The van der Waals surface area contributed by atoms with E-state index in [-0.39, 0.29) is 0 Å². The van der Waals surface area contributed by atoms with Gasteiger partial charge in [-0.15, -0.1) is 0 Å². The maximum Gasteiger partial charge on any atom is 0.469 e. The van der Waals surface area contributed by atoms with Crippen molar-refractivity contribution in [3.05, 3.63) is 50.0 Å². The lowest BCUT2D eigenvalue weighted by atomic mass is 9.89. The van der Waals surface area contributed by atoms with Gasteiger partial charge in [-0.05, 0) is 0 Å². The van der Waals surface area contributed by atoms with Crippen molar-refractivity contribution in [1.82, 2.24) is 0 Å². The van der Waals surface area contributed by atoms with Gasteiger partial charge in [0.2, 0.25) is 0 Å². The highest BCUT2D eigenvalue weighted by Gasteiger charge is 2.76. The number of sulfone groups is 2. The first kappa shape index (κ1) is 31.6. The van der Waals surface area contributed by atoms with Gasteiger partial charge in [-0.3, -0.25) is 0 Å². The molecule has 1 atom stereocenters. The molecule has 0 aliphatic heterocycles. The number of fused-ring (bicyclic) bond motifs is 1. The van der Waals surface area contributed by atoms with E-state index in [1.807, 2.05) is 0 Å². The third kappa shape index (κ3) is 4.02. The molecule has 0 spiro atoms. The first-order valence-corrected chi connectivity index (χ1v) is 11.3. The molecule has 1 aliphatic rings. The van der Waals surface area contributed by atoms with Crippen LogP contribution in [0.25, 0.3) is 5.83 Å². The topological polar surface area (TPSA) is 68.3 Å². The van der Waals surface area contributed by atoms with Crippen LogP contribution in [0.4, 0.5) is 74.6 Å². The zero-order chi connectivity index (χ0) is 30.4. The summed E-state index contributed by atoms with van der Waals surface area (Å²) < 4.78 is 272. The summed E-state index contributed by atoms with van der Waals surface area (Å²) in [4.78, 5) is 0. The zero-order valence-corrected chi connectivity index (χ0v) is 18.1. The Morgan fingerprint density at radius 2 is 0.895 bits per heavy atom. The molecule has 1 aromatic rings. The van der Waals surface area contributed by atoms with E-state index in [2.05, 4.69) is 0 Å². The Balaban J connectivity index is 3.36. The highest BCUT2D eigenvalue weighted by Crippen LogP contribution is 2.55. The zero-order valence-electron chi connectivity index (χ0n) is 16.5. The van der Waals surface area contributed by atoms with Crippen molar-refractivity contribution in [2.75, 3.05) is 0 Å². The predicted octanol–water partition coefficient (Wildman–Crippen LogP) is 6.23. The summed E-state index contributed by atoms with van der Waals surface area (Å²) >= 11 is 0. The lowest BCUT2D eigenvalue weighted by molar-refractivity contribution is -0.241. The molecule has 0 saturated carbocycles. The molecule has 2 rings (SSSR count). The molecule has 38 heavy (non-hydrogen) atoms. The van der Waals surface area contributed by atoms with Gasteiger partial charge in [-0.25, -0.2) is 47.6 Å². The van der Waals surface area contributed by atoms with Crippen LogP contribution in [0, 0.1) is 23.3 Å². The number of rotatable bonds is 4. The smallest absolute Gasteiger partial charge is 0.237 e. The summed E-state index contributed by atoms with van der Waals surface area (Å²) in [5.41, 5.74) is -9.66. The summed E-state index contributed by atoms with van der Waals surface area (Å²) in [5, 5.41) is -15.6. The van der Waals surface area contributed by atoms with Crippen LogP contribution in [0.2, 0.25) is 0 Å². The minimum atomic E-state index is -8.80. The van der Waals surface area contributed by atoms with Gasteiger partial charge >= 0.3 is 22.9 Å². The molecule has 0 amide bonds. The quantitative estimate of drug-likeness (QED) is 0.225. The van der Waals surface area contributed by atoms with Crippen LogP contribution in [0.15, 0.2) is 15.6 Å². The first-order chi connectivity index (χ1) is 16.6. The van der Waals surface area contributed by atoms with E-state index in [4.69, 9.17) is 0 Å². The van der Waals surface area contributed by atoms with Crippen LogP contribution in [-0.2, 0) is 19.7 Å². The number of allylic oxidation sites excluding steroid dienone is 2. The normalized spacial score (nSPS) is 18.1. The number of benzene rings is 1. The average molecular weight is 632 g/mol. The van der Waals surface area contributed by atoms with Crippen molar-refractivity contribution < 1.29 is 91.5 Å². The highest BCUT2D eigenvalue weighted by molar-refractivity contribution is 8.15. The van der Waals surface area contributed by atoms with Crippen molar-refractivity contribution in [1.29, 1.82) is 0 Å². The molecule has 1 aromatic carbocycles. The van der Waals surface area contributed by atoms with Gasteiger partial charge in [0.1, 0.15) is 0 Å². The number of hydrogen-bond donors (Lipinski definition) is 0. The standard InChI is InChI=1S/C15HF17O4S2/c16-4-1-2(7(19)10(22)9(21)6(1)18)5(17)8(20)3(4)11(37(33,34)14(29,30)12(23,24)25)38(35,36)15(31,32)13(26,27)28/h4H. The molecule has 0 heterocycles. The molecular formula is C15HF17O4S2. The van der Waals surface area contributed by atoms with Gasteiger partial charge in [0.05, 0.1) is 11.1 Å². The number of halogens is 17. The summed E-state index contributed by atoms with van der Waals surface area (Å²) in [5.74, 6) is -20.2. The molecule has 0 N–H and O–H groups in total. The number of alkyl halides is 11. The second-order valence-corrected chi connectivity index (χ2v) is 10.9. The van der Waals surface area contributed by atoms with Crippen LogP contribution in [0.5, 0.6) is 0 Å². The fourth-order valence-electron chi connectivity index (χ4n) is 2.75. The van der Waals surface area contributed by atoms with Crippen LogP contribution in [-0.4, -0.2) is 39.7 Å². The van der Waals surface area contributed by atoms with E-state index in [1.165, 1.54) is 0 Å². The maximum atomic E-state index is 14.9. The van der Waals surface area contributed by atoms with Gasteiger partial charge in [-0.2, -0.15) is 43.9 Å². The van der Waals surface area contributed by atoms with E-state index in [1.54, 1.807) is 0 Å². The minimum absolute atomic E-state index is 2.77. The Hall–Kier alpha value is -2.59. The first-order valence-electron chi connectivity index (χ1n) is 8.30. The Labute approximate surface area is 196 Å². The van der Waals surface area contributed by atoms with Crippen LogP contribution >= 0.6 is 0 Å². The Bertz CT molecular complexity index is 1420. The monoisotopic (exact) mass is 632 g/mol. The van der Waals surface area contributed by atoms with E-state index in [0.29, 0.717) is 0 Å². The van der Waals surface area contributed by atoms with Gasteiger partial charge < -0.3 is 0 Å². The SMILES string of the molecule is O=S(=O)(C(=C1C(F)=C(F)c2c(F)c(F)c(F)c(F)c2C1F)S(=O)(=O)C(F)(F)C(F)(F)F)C(F)(F)C(F)(F)F. The molecule has 0 aromatic heterocycles. The molecule has 0 radical (unpaired) electrons. The van der Waals surface area contributed by atoms with Crippen molar-refractivity contribution in [2.45, 2.75) is 29.0 Å². The number of hydrogen-bond acceptors (Lipinski definition) is 4. The molecule has 4 nitrogen and oxygen atoms in total. The van der Waals surface area contributed by atoms with Crippen molar-refractivity contribution in [3.63, 3.8) is 0 Å². The fourth-order valence-corrected chi connectivity index (χ4v) is 6.57. The predicted molar refractivity (Wildman–Crippen MR) is 86.1 cm³/mol. The molecule has 1 aliphatic carbocycles. The van der Waals surface area contributed by atoms with E-state index < -0.39 is 105 Å². The summed E-state index contributed by atoms with van der Waals surface area (Å²) in [6, 6.07) is 0. The maximum absolute atomic E-state index is 14.9. The van der Waals surface area contributed by atoms with Crippen LogP contribution in [0.1, 0.15) is 17.3 Å². The van der Waals surface area contributed by atoms with E-state index >= 15 is 0 Å². The highest BCUT2D eigenvalue weighted by atomic mass is 32.3. The third-order valence-electron chi connectivity index (χ3n) is 4.50. The van der Waals surface area contributed by atoms with E-state index in [0.717, 1.165) is 0 Å². The van der Waals surface area contributed by atoms with Gasteiger partial charge in [-0.1, -0.05) is 0 Å². The molecule has 0 saturated heterocycles. The van der Waals surface area contributed by atoms with Gasteiger partial charge in [0.15, 0.2) is 45.3 Å².